The average Bonchev–Trinajstić information content (AvgIpc) is 2.97. The zero-order chi connectivity index (χ0) is 15.6. The lowest BCUT2D eigenvalue weighted by atomic mass is 10.1. The Balaban J connectivity index is 1.63. The first-order valence-corrected chi connectivity index (χ1v) is 8.27. The zero-order valence-electron chi connectivity index (χ0n) is 11.8. The van der Waals surface area contributed by atoms with Gasteiger partial charge in [0.05, 0.1) is 4.90 Å². The number of hydrogen-bond acceptors (Lipinski definition) is 6. The Hall–Kier alpha value is -1.90. The molecular weight excluding hydrogens is 308 g/mol. The molecule has 1 fully saturated rings. The van der Waals surface area contributed by atoms with Crippen LogP contribution < -0.4 is 4.74 Å². The second-order valence-electron chi connectivity index (χ2n) is 5.12. The fourth-order valence-corrected chi connectivity index (χ4v) is 3.75. The fraction of sp³-hybridized carbons (Fsp3) is 0.357. The molecule has 118 valence electrons. The first-order valence-electron chi connectivity index (χ1n) is 6.83. The number of benzene rings is 1. The van der Waals surface area contributed by atoms with Gasteiger partial charge in [-0.15, -0.1) is 0 Å². The summed E-state index contributed by atoms with van der Waals surface area (Å²) >= 11 is 0. The minimum atomic E-state index is -3.48. The van der Waals surface area contributed by atoms with Crippen molar-refractivity contribution in [2.24, 2.45) is 5.92 Å². The number of aromatic nitrogens is 1. The average molecular weight is 324 g/mol. The van der Waals surface area contributed by atoms with Crippen molar-refractivity contribution >= 4 is 10.0 Å². The molecule has 1 aliphatic heterocycles. The Morgan fingerprint density at radius 3 is 2.59 bits per heavy atom. The van der Waals surface area contributed by atoms with E-state index < -0.39 is 10.0 Å². The summed E-state index contributed by atoms with van der Waals surface area (Å²) in [6, 6.07) is 7.94. The molecule has 1 aromatic carbocycles. The molecule has 2 aromatic rings. The lowest BCUT2D eigenvalue weighted by Gasteiger charge is -2.36. The Morgan fingerprint density at radius 2 is 2.00 bits per heavy atom. The lowest BCUT2D eigenvalue weighted by Crippen LogP contribution is -2.51. The molecule has 3 rings (SSSR count). The van der Waals surface area contributed by atoms with Crippen LogP contribution in [0.3, 0.4) is 0 Å². The van der Waals surface area contributed by atoms with Crippen LogP contribution >= 0.6 is 0 Å². The molecule has 0 saturated carbocycles. The summed E-state index contributed by atoms with van der Waals surface area (Å²) in [6.45, 7) is 1.00. The van der Waals surface area contributed by atoms with Crippen LogP contribution in [0.4, 0.5) is 0 Å². The van der Waals surface area contributed by atoms with Gasteiger partial charge in [0, 0.05) is 31.7 Å². The number of sulfonamides is 1. The minimum absolute atomic E-state index is 0.0147. The van der Waals surface area contributed by atoms with E-state index >= 15 is 0 Å². The van der Waals surface area contributed by atoms with E-state index in [4.69, 9.17) is 14.4 Å². The molecule has 1 aromatic heterocycles. The van der Waals surface area contributed by atoms with Crippen molar-refractivity contribution in [3.8, 4) is 5.75 Å². The molecule has 8 heteroatoms. The quantitative estimate of drug-likeness (QED) is 0.847. The number of rotatable bonds is 6. The maximum Gasteiger partial charge on any atom is 0.243 e. The van der Waals surface area contributed by atoms with Gasteiger partial charge < -0.3 is 14.4 Å². The van der Waals surface area contributed by atoms with E-state index in [-0.39, 0.29) is 24.0 Å². The Bertz CT molecular complexity index is 706. The molecule has 0 bridgehead atoms. The molecule has 7 nitrogen and oxygen atoms in total. The van der Waals surface area contributed by atoms with E-state index in [0.29, 0.717) is 24.5 Å². The van der Waals surface area contributed by atoms with Gasteiger partial charge in [0.25, 0.3) is 0 Å². The topological polar surface area (TPSA) is 92.9 Å². The summed E-state index contributed by atoms with van der Waals surface area (Å²) in [4.78, 5) is 0.220. The smallest absolute Gasteiger partial charge is 0.243 e. The van der Waals surface area contributed by atoms with Crippen LogP contribution in [-0.4, -0.2) is 42.7 Å². The second kappa shape index (κ2) is 6.07. The summed E-state index contributed by atoms with van der Waals surface area (Å²) in [5.41, 5.74) is 0.660. The lowest BCUT2D eigenvalue weighted by molar-refractivity contribution is 0.117. The van der Waals surface area contributed by atoms with E-state index in [1.807, 2.05) is 0 Å². The fourth-order valence-electron chi connectivity index (χ4n) is 2.16. The third-order valence-electron chi connectivity index (χ3n) is 3.52. The van der Waals surface area contributed by atoms with Crippen molar-refractivity contribution in [1.29, 1.82) is 0 Å². The van der Waals surface area contributed by atoms with Crippen molar-refractivity contribution in [1.82, 2.24) is 9.46 Å². The Kier molecular flexibility index (Phi) is 4.14. The van der Waals surface area contributed by atoms with Crippen molar-refractivity contribution in [3.05, 3.63) is 42.3 Å². The van der Waals surface area contributed by atoms with E-state index in [9.17, 15) is 8.42 Å². The molecule has 22 heavy (non-hydrogen) atoms. The normalized spacial score (nSPS) is 16.4. The highest BCUT2D eigenvalue weighted by Crippen LogP contribution is 2.26. The molecule has 0 atom stereocenters. The zero-order valence-corrected chi connectivity index (χ0v) is 12.6. The highest BCUT2D eigenvalue weighted by Gasteiger charge is 2.36. The van der Waals surface area contributed by atoms with Gasteiger partial charge in [-0.25, -0.2) is 8.42 Å². The van der Waals surface area contributed by atoms with Crippen LogP contribution in [0.1, 0.15) is 5.69 Å². The van der Waals surface area contributed by atoms with E-state index in [0.717, 1.165) is 0 Å². The van der Waals surface area contributed by atoms with Gasteiger partial charge in [0.2, 0.25) is 10.0 Å². The van der Waals surface area contributed by atoms with Gasteiger partial charge in [-0.2, -0.15) is 4.31 Å². The first kappa shape index (κ1) is 15.0. The van der Waals surface area contributed by atoms with E-state index in [2.05, 4.69) is 5.16 Å². The van der Waals surface area contributed by atoms with Gasteiger partial charge in [-0.1, -0.05) is 5.16 Å². The molecule has 0 spiro atoms. The van der Waals surface area contributed by atoms with Gasteiger partial charge in [0.15, 0.2) is 0 Å². The molecule has 0 aliphatic carbocycles. The monoisotopic (exact) mass is 324 g/mol. The van der Waals surface area contributed by atoms with Crippen LogP contribution in [-0.2, 0) is 16.6 Å². The maximum atomic E-state index is 12.3. The molecule has 1 N–H and O–H groups in total. The molecule has 0 amide bonds. The summed E-state index contributed by atoms with van der Waals surface area (Å²) in [7, 11) is -3.48. The molecule has 0 unspecified atom stereocenters. The standard InChI is InChI=1S/C14H16N2O5S/c17-9-11-7-16(8-11)22(18,19)14-3-1-13(2-4-14)20-10-12-5-6-21-15-12/h1-6,11,17H,7-10H2. The number of aliphatic hydroxyl groups excluding tert-OH is 1. The molecule has 1 aliphatic rings. The first-order chi connectivity index (χ1) is 10.6. The predicted molar refractivity (Wildman–Crippen MR) is 76.6 cm³/mol. The summed E-state index contributed by atoms with van der Waals surface area (Å²) < 4.78 is 36.2. The SMILES string of the molecule is O=S(=O)(c1ccc(OCc2ccon2)cc1)N1CC(CO)C1. The highest BCUT2D eigenvalue weighted by atomic mass is 32.2. The minimum Gasteiger partial charge on any atom is -0.487 e. The van der Waals surface area contributed by atoms with E-state index in [1.165, 1.54) is 22.7 Å². The van der Waals surface area contributed by atoms with Gasteiger partial charge in [-0.05, 0) is 24.3 Å². The molecule has 2 heterocycles. The summed E-state index contributed by atoms with van der Waals surface area (Å²) in [6.07, 6.45) is 1.46. The van der Waals surface area contributed by atoms with Crippen molar-refractivity contribution in [2.75, 3.05) is 19.7 Å². The number of ether oxygens (including phenoxy) is 1. The van der Waals surface area contributed by atoms with Crippen LogP contribution in [0.25, 0.3) is 0 Å². The highest BCUT2D eigenvalue weighted by molar-refractivity contribution is 7.89. The van der Waals surface area contributed by atoms with Crippen LogP contribution in [0, 0.1) is 5.92 Å². The third-order valence-corrected chi connectivity index (χ3v) is 5.37. The number of aliphatic hydroxyl groups is 1. The summed E-state index contributed by atoms with van der Waals surface area (Å²) in [5.74, 6) is 0.596. The number of nitrogens with zero attached hydrogens (tertiary/aromatic N) is 2. The van der Waals surface area contributed by atoms with Crippen LogP contribution in [0.2, 0.25) is 0 Å². The number of hydrogen-bond donors (Lipinski definition) is 1. The maximum absolute atomic E-state index is 12.3. The summed E-state index contributed by atoms with van der Waals surface area (Å²) in [5, 5.41) is 12.7. The van der Waals surface area contributed by atoms with E-state index in [1.54, 1.807) is 18.2 Å². The Morgan fingerprint density at radius 1 is 1.27 bits per heavy atom. The molecular formula is C14H16N2O5S. The van der Waals surface area contributed by atoms with Crippen molar-refractivity contribution in [2.45, 2.75) is 11.5 Å². The van der Waals surface area contributed by atoms with Crippen LogP contribution in [0.15, 0.2) is 46.0 Å². The van der Waals surface area contributed by atoms with Gasteiger partial charge in [-0.3, -0.25) is 0 Å². The predicted octanol–water partition coefficient (Wildman–Crippen LogP) is 0.866. The van der Waals surface area contributed by atoms with Crippen molar-refractivity contribution in [3.63, 3.8) is 0 Å². The molecule has 1 saturated heterocycles. The molecule has 0 radical (unpaired) electrons. The Labute approximate surface area is 128 Å². The third kappa shape index (κ3) is 2.99. The van der Waals surface area contributed by atoms with Crippen LogP contribution in [0.5, 0.6) is 5.75 Å². The van der Waals surface area contributed by atoms with Crippen molar-refractivity contribution < 1.29 is 22.8 Å². The van der Waals surface area contributed by atoms with Gasteiger partial charge in [0.1, 0.15) is 24.3 Å². The second-order valence-corrected chi connectivity index (χ2v) is 7.06. The largest absolute Gasteiger partial charge is 0.487 e. The van der Waals surface area contributed by atoms with Gasteiger partial charge >= 0.3 is 0 Å².